The highest BCUT2D eigenvalue weighted by atomic mass is 28.4. The maximum absolute atomic E-state index is 13.2. The lowest BCUT2D eigenvalue weighted by Crippen LogP contribution is -2.66. The molecule has 0 aromatic heterocycles. The normalized spacial score (nSPS) is 21.7. The zero-order valence-electron chi connectivity index (χ0n) is 32.4. The van der Waals surface area contributed by atoms with E-state index in [1.54, 1.807) is 6.92 Å². The van der Waals surface area contributed by atoms with Crippen molar-refractivity contribution >= 4 is 30.6 Å². The van der Waals surface area contributed by atoms with Crippen LogP contribution in [0.1, 0.15) is 125 Å². The summed E-state index contributed by atoms with van der Waals surface area (Å²) in [5.74, 6) is 2.34. The van der Waals surface area contributed by atoms with Crippen LogP contribution in [0.25, 0.3) is 0 Å². The van der Waals surface area contributed by atoms with E-state index in [1.165, 1.54) is 77.0 Å². The molecule has 0 spiro atoms. The van der Waals surface area contributed by atoms with E-state index in [9.17, 15) is 9.59 Å². The Kier molecular flexibility index (Phi) is 15.8. The third-order valence-corrected chi connectivity index (χ3v) is 16.7. The highest BCUT2D eigenvalue weighted by molar-refractivity contribution is 6.99. The van der Waals surface area contributed by atoms with Crippen LogP contribution in [0.2, 0.25) is 5.04 Å². The Morgan fingerprint density at radius 2 is 1.31 bits per heavy atom. The predicted octanol–water partition coefficient (Wildman–Crippen LogP) is 10.1. The van der Waals surface area contributed by atoms with Crippen molar-refractivity contribution in [3.05, 3.63) is 85.0 Å². The molecule has 2 aromatic carbocycles. The number of rotatable bonds is 18. The molecule has 0 bridgehead atoms. The Hall–Kier alpha value is -2.96. The van der Waals surface area contributed by atoms with E-state index < -0.39 is 14.3 Å². The molecule has 4 rings (SSSR count). The third-order valence-electron chi connectivity index (χ3n) is 11.7. The molecule has 51 heavy (non-hydrogen) atoms. The van der Waals surface area contributed by atoms with Crippen molar-refractivity contribution in [1.82, 2.24) is 0 Å². The fraction of sp³-hybridized carbons (Fsp3) is 0.600. The first kappa shape index (κ1) is 40.8. The fourth-order valence-corrected chi connectivity index (χ4v) is 13.3. The molecule has 0 heterocycles. The van der Waals surface area contributed by atoms with Crippen molar-refractivity contribution in [2.75, 3.05) is 13.2 Å². The molecule has 0 radical (unpaired) electrons. The molecule has 0 saturated heterocycles. The van der Waals surface area contributed by atoms with Gasteiger partial charge in [0.1, 0.15) is 6.10 Å². The van der Waals surface area contributed by atoms with Gasteiger partial charge in [-0.25, -0.2) is 9.59 Å². The van der Waals surface area contributed by atoms with Crippen molar-refractivity contribution in [3.63, 3.8) is 0 Å². The molecule has 6 heteroatoms. The first-order valence-electron chi connectivity index (χ1n) is 19.9. The topological polar surface area (TPSA) is 61.8 Å². The highest BCUT2D eigenvalue weighted by Crippen LogP contribution is 2.43. The monoisotopic (exact) mass is 714 g/mol. The summed E-state index contributed by atoms with van der Waals surface area (Å²) in [4.78, 5) is 25.9. The van der Waals surface area contributed by atoms with Gasteiger partial charge in [0.25, 0.3) is 8.32 Å². The fourth-order valence-electron chi connectivity index (χ4n) is 8.78. The van der Waals surface area contributed by atoms with Crippen LogP contribution in [-0.2, 0) is 23.5 Å². The van der Waals surface area contributed by atoms with E-state index in [4.69, 9.17) is 13.9 Å². The highest BCUT2D eigenvalue weighted by Gasteiger charge is 2.50. The van der Waals surface area contributed by atoms with Crippen molar-refractivity contribution in [1.29, 1.82) is 0 Å². The Morgan fingerprint density at radius 1 is 0.784 bits per heavy atom. The summed E-state index contributed by atoms with van der Waals surface area (Å²) in [6, 6.07) is 20.7. The van der Waals surface area contributed by atoms with Crippen molar-refractivity contribution in [3.8, 4) is 0 Å². The molecule has 1 atom stereocenters. The summed E-state index contributed by atoms with van der Waals surface area (Å²) in [7, 11) is -2.82. The van der Waals surface area contributed by atoms with Crippen LogP contribution in [0.3, 0.4) is 0 Å². The molecule has 2 aliphatic rings. The van der Waals surface area contributed by atoms with Gasteiger partial charge in [0.2, 0.25) is 0 Å². The number of carbonyl (C=O) groups excluding carboxylic acids is 2. The van der Waals surface area contributed by atoms with Gasteiger partial charge in [0.05, 0.1) is 18.8 Å². The molecule has 1 unspecified atom stereocenters. The van der Waals surface area contributed by atoms with E-state index in [0.29, 0.717) is 17.9 Å². The average Bonchev–Trinajstić information content (AvgIpc) is 3.12. The summed E-state index contributed by atoms with van der Waals surface area (Å²) in [6.45, 7) is 18.7. The second-order valence-corrected chi connectivity index (χ2v) is 20.9. The molecule has 2 aliphatic carbocycles. The predicted molar refractivity (Wildman–Crippen MR) is 213 cm³/mol. The number of hydrogen-bond donors (Lipinski definition) is 0. The van der Waals surface area contributed by atoms with Crippen LogP contribution in [0.5, 0.6) is 0 Å². The van der Waals surface area contributed by atoms with Gasteiger partial charge < -0.3 is 13.9 Å². The Labute approximate surface area is 310 Å². The third kappa shape index (κ3) is 11.5. The Morgan fingerprint density at radius 3 is 1.80 bits per heavy atom. The van der Waals surface area contributed by atoms with Crippen molar-refractivity contribution in [2.45, 2.75) is 136 Å². The number of unbranched alkanes of at least 4 members (excludes halogenated alkanes) is 2. The molecule has 280 valence electrons. The van der Waals surface area contributed by atoms with E-state index >= 15 is 0 Å². The number of ether oxygens (including phenoxy) is 2. The molecule has 5 nitrogen and oxygen atoms in total. The van der Waals surface area contributed by atoms with Crippen LogP contribution in [0.4, 0.5) is 0 Å². The number of hydrogen-bond acceptors (Lipinski definition) is 5. The minimum Gasteiger partial charge on any atom is -0.462 e. The smallest absolute Gasteiger partial charge is 0.335 e. The molecule has 2 saturated carbocycles. The number of benzene rings is 2. The lowest BCUT2D eigenvalue weighted by Gasteiger charge is -2.43. The second kappa shape index (κ2) is 19.8. The molecule has 2 fully saturated rings. The summed E-state index contributed by atoms with van der Waals surface area (Å²) in [5, 5.41) is 2.07. The van der Waals surface area contributed by atoms with E-state index in [-0.39, 0.29) is 35.9 Å². The lowest BCUT2D eigenvalue weighted by atomic mass is 9.68. The molecule has 0 aliphatic heterocycles. The van der Waals surface area contributed by atoms with Gasteiger partial charge in [-0.1, -0.05) is 153 Å². The van der Waals surface area contributed by atoms with Crippen molar-refractivity contribution < 1.29 is 23.5 Å². The molecule has 2 aromatic rings. The largest absolute Gasteiger partial charge is 0.462 e. The average molecular weight is 715 g/mol. The van der Waals surface area contributed by atoms with Gasteiger partial charge in [-0.05, 0) is 78.1 Å². The number of carbonyl (C=O) groups is 2. The van der Waals surface area contributed by atoms with Gasteiger partial charge in [-0.2, -0.15) is 0 Å². The first-order chi connectivity index (χ1) is 24.4. The Bertz CT molecular complexity index is 1340. The Balaban J connectivity index is 1.29. The van der Waals surface area contributed by atoms with Gasteiger partial charge >= 0.3 is 11.9 Å². The number of esters is 2. The summed E-state index contributed by atoms with van der Waals surface area (Å²) < 4.78 is 18.5. The summed E-state index contributed by atoms with van der Waals surface area (Å²) >= 11 is 0. The zero-order valence-corrected chi connectivity index (χ0v) is 33.4. The minimum atomic E-state index is -2.82. The molecular weight excluding hydrogens is 649 g/mol. The molecular formula is C45H66O5Si. The zero-order chi connectivity index (χ0) is 36.9. The van der Waals surface area contributed by atoms with Gasteiger partial charge in [0, 0.05) is 12.0 Å². The first-order valence-corrected chi connectivity index (χ1v) is 21.8. The minimum absolute atomic E-state index is 0.0733. The lowest BCUT2D eigenvalue weighted by molar-refractivity contribution is -0.147. The molecule has 0 amide bonds. The van der Waals surface area contributed by atoms with E-state index in [0.717, 1.165) is 34.5 Å². The van der Waals surface area contributed by atoms with E-state index in [1.807, 2.05) is 36.4 Å². The maximum atomic E-state index is 13.2. The van der Waals surface area contributed by atoms with Crippen LogP contribution < -0.4 is 10.4 Å². The molecule has 0 N–H and O–H groups in total. The second-order valence-electron chi connectivity index (χ2n) is 16.6. The quantitative estimate of drug-likeness (QED) is 0.0666. The standard InChI is InChI=1S/C45H66O5Si/c1-8-9-12-17-36-22-26-38(27-23-36)39-28-24-37(25-29-39)32-40(50-43(46)34(2)3)30-31-48-44(47)35(4)33-49-51(45(5,6)7,41-18-13-10-14-19-41)42-20-15-11-16-21-42/h10-11,13-16,18-21,36-40H,2,4,8-9,12,17,22-33H2,1,3,5-7H3. The van der Waals surface area contributed by atoms with Crippen LogP contribution >= 0.6 is 0 Å². The summed E-state index contributed by atoms with van der Waals surface area (Å²) in [6.07, 6.45) is 17.0. The SMILES string of the molecule is C=C(C)C(=O)OC(CCOC(=O)C(=C)CO[Si](c1ccccc1)(c1ccccc1)C(C)(C)C)CC1CCC(C2CCC(CCCCC)CC2)CC1. The maximum Gasteiger partial charge on any atom is 0.335 e. The van der Waals surface area contributed by atoms with Gasteiger partial charge in [-0.3, -0.25) is 0 Å². The van der Waals surface area contributed by atoms with Crippen LogP contribution in [0, 0.1) is 23.7 Å². The van der Waals surface area contributed by atoms with Crippen LogP contribution in [0.15, 0.2) is 85.0 Å². The summed E-state index contributed by atoms with van der Waals surface area (Å²) in [5.41, 5.74) is 0.673. The van der Waals surface area contributed by atoms with Crippen LogP contribution in [-0.4, -0.2) is 39.6 Å². The van der Waals surface area contributed by atoms with Crippen molar-refractivity contribution in [2.24, 2.45) is 23.7 Å². The van der Waals surface area contributed by atoms with Gasteiger partial charge in [-0.15, -0.1) is 0 Å². The van der Waals surface area contributed by atoms with E-state index in [2.05, 4.69) is 65.1 Å². The van der Waals surface area contributed by atoms with Gasteiger partial charge in [0.15, 0.2) is 0 Å².